The number of benzene rings is 1. The quantitative estimate of drug-likeness (QED) is 0.700. The van der Waals surface area contributed by atoms with E-state index in [1.165, 1.54) is 0 Å². The molecule has 1 saturated carbocycles. The van der Waals surface area contributed by atoms with Gasteiger partial charge in [0.15, 0.2) is 11.5 Å². The van der Waals surface area contributed by atoms with Crippen molar-refractivity contribution in [1.82, 2.24) is 5.32 Å². The number of ether oxygens (including phenoxy) is 4. The molecule has 5 fully saturated rings. The zero-order valence-electron chi connectivity index (χ0n) is 17.7. The lowest BCUT2D eigenvalue weighted by Gasteiger charge is -2.53. The van der Waals surface area contributed by atoms with Gasteiger partial charge in [-0.15, -0.1) is 0 Å². The summed E-state index contributed by atoms with van der Waals surface area (Å²) in [5, 5.41) is 3.57. The van der Waals surface area contributed by atoms with Crippen molar-refractivity contribution in [3.63, 3.8) is 0 Å². The van der Waals surface area contributed by atoms with Gasteiger partial charge in [-0.25, -0.2) is 0 Å². The minimum absolute atomic E-state index is 0.00141. The Balaban J connectivity index is 1.51. The molecule has 7 rings (SSSR count). The molecule has 1 aromatic rings. The van der Waals surface area contributed by atoms with Crippen LogP contribution in [0, 0.1) is 11.8 Å². The first-order chi connectivity index (χ1) is 15.0. The first-order valence-corrected chi connectivity index (χ1v) is 11.2. The maximum absolute atomic E-state index is 14.1. The number of piperidine rings is 1. The summed E-state index contributed by atoms with van der Waals surface area (Å²) < 4.78 is 23.7. The summed E-state index contributed by atoms with van der Waals surface area (Å²) in [6, 6.07) is 3.54. The Hall–Kier alpha value is -2.16. The second-order valence-electron chi connectivity index (χ2n) is 9.78. The molecule has 164 valence electrons. The van der Waals surface area contributed by atoms with Gasteiger partial charge in [-0.1, -0.05) is 0 Å². The summed E-state index contributed by atoms with van der Waals surface area (Å²) in [6.07, 6.45) is 1.28. The number of carbonyl (C=O) groups is 2. The molecule has 0 radical (unpaired) electrons. The summed E-state index contributed by atoms with van der Waals surface area (Å²) in [5.41, 5.74) is 0.554. The van der Waals surface area contributed by atoms with Gasteiger partial charge < -0.3 is 29.2 Å². The SMILES string of the molecule is COc1cc2c(cc1OC)[C@@]13CCNC[C@@]45O[C@@H]4CO[C@H]4CC(=O)N2[C@H]1[C@H]4[C@H]5CC3=O. The fraction of sp³-hybridized carbons (Fsp3) is 0.652. The number of anilines is 1. The van der Waals surface area contributed by atoms with Crippen LogP contribution in [-0.2, 0) is 24.5 Å². The largest absolute Gasteiger partial charge is 0.493 e. The molecule has 31 heavy (non-hydrogen) atoms. The highest BCUT2D eigenvalue weighted by atomic mass is 16.6. The normalized spacial score (nSPS) is 43.9. The summed E-state index contributed by atoms with van der Waals surface area (Å²) in [7, 11) is 3.19. The van der Waals surface area contributed by atoms with Gasteiger partial charge in [0.1, 0.15) is 17.5 Å². The number of hydrogen-bond donors (Lipinski definition) is 1. The second kappa shape index (κ2) is 5.79. The van der Waals surface area contributed by atoms with Crippen molar-refractivity contribution in [3.05, 3.63) is 17.7 Å². The standard InChI is InChI=1S/C23H26N2O6/c1-28-14-5-11-13(7-15(14)29-2)25-19(27)8-16-20-12-6-17(26)22(11,21(20)25)3-4-24-10-23(12)18(31-23)9-30-16/h5,7,12,16,18,20-21,24H,3-4,6,8-10H2,1-2H3/t12-,16+,18-,20+,21+,22-,23+/m1/s1. The molecule has 0 unspecified atom stereocenters. The zero-order valence-corrected chi connectivity index (χ0v) is 17.7. The number of nitrogens with zero attached hydrogens (tertiary/aromatic N) is 1. The van der Waals surface area contributed by atoms with Crippen LogP contribution in [0.2, 0.25) is 0 Å². The highest BCUT2D eigenvalue weighted by Gasteiger charge is 2.75. The number of Topliss-reactive ketones (excluding diaryl/α,β-unsaturated/α-hetero) is 1. The first-order valence-electron chi connectivity index (χ1n) is 11.2. The van der Waals surface area contributed by atoms with Gasteiger partial charge in [-0.2, -0.15) is 0 Å². The smallest absolute Gasteiger partial charge is 0.229 e. The Morgan fingerprint density at radius 1 is 1.16 bits per heavy atom. The van der Waals surface area contributed by atoms with E-state index in [1.54, 1.807) is 14.2 Å². The van der Waals surface area contributed by atoms with Crippen LogP contribution in [0.4, 0.5) is 5.69 Å². The maximum Gasteiger partial charge on any atom is 0.229 e. The minimum atomic E-state index is -0.763. The molecule has 4 bridgehead atoms. The summed E-state index contributed by atoms with van der Waals surface area (Å²) in [6.45, 7) is 1.92. The molecule has 6 aliphatic rings. The number of hydrogen-bond acceptors (Lipinski definition) is 7. The van der Waals surface area contributed by atoms with E-state index in [9.17, 15) is 9.59 Å². The molecule has 4 saturated heterocycles. The van der Waals surface area contributed by atoms with Crippen LogP contribution in [0.1, 0.15) is 24.8 Å². The van der Waals surface area contributed by atoms with Gasteiger partial charge in [0, 0.05) is 30.9 Å². The number of methoxy groups -OCH3 is 2. The van der Waals surface area contributed by atoms with Crippen molar-refractivity contribution in [2.24, 2.45) is 11.8 Å². The predicted molar refractivity (Wildman–Crippen MR) is 109 cm³/mol. The van der Waals surface area contributed by atoms with Gasteiger partial charge in [0.05, 0.1) is 50.5 Å². The summed E-state index contributed by atoms with van der Waals surface area (Å²) >= 11 is 0. The average molecular weight is 426 g/mol. The van der Waals surface area contributed by atoms with Crippen LogP contribution < -0.4 is 19.7 Å². The number of fused-ring (bicyclic) bond motifs is 2. The molecule has 8 heteroatoms. The Kier molecular flexibility index (Phi) is 3.44. The van der Waals surface area contributed by atoms with Crippen molar-refractivity contribution in [3.8, 4) is 11.5 Å². The third kappa shape index (κ3) is 1.98. The minimum Gasteiger partial charge on any atom is -0.493 e. The molecule has 1 amide bonds. The molecule has 1 N–H and O–H groups in total. The molecule has 1 aliphatic carbocycles. The van der Waals surface area contributed by atoms with Crippen LogP contribution in [0.5, 0.6) is 11.5 Å². The van der Waals surface area contributed by atoms with E-state index in [1.807, 2.05) is 17.0 Å². The lowest BCUT2D eigenvalue weighted by Crippen LogP contribution is -2.67. The van der Waals surface area contributed by atoms with Crippen LogP contribution in [0.3, 0.4) is 0 Å². The van der Waals surface area contributed by atoms with Gasteiger partial charge in [-0.3, -0.25) is 9.59 Å². The number of epoxide rings is 1. The Morgan fingerprint density at radius 3 is 2.77 bits per heavy atom. The Bertz CT molecular complexity index is 1030. The van der Waals surface area contributed by atoms with Crippen LogP contribution >= 0.6 is 0 Å². The number of nitrogens with one attached hydrogen (secondary N) is 1. The maximum atomic E-state index is 14.1. The van der Waals surface area contributed by atoms with E-state index in [0.717, 1.165) is 17.8 Å². The van der Waals surface area contributed by atoms with Crippen molar-refractivity contribution in [2.45, 2.75) is 48.5 Å². The topological polar surface area (TPSA) is 89.6 Å². The van der Waals surface area contributed by atoms with Crippen LogP contribution in [-0.4, -0.2) is 69.5 Å². The summed E-state index contributed by atoms with van der Waals surface area (Å²) in [5.74, 6) is 1.50. The van der Waals surface area contributed by atoms with E-state index < -0.39 is 5.41 Å². The fourth-order valence-electron chi connectivity index (χ4n) is 7.56. The van der Waals surface area contributed by atoms with Gasteiger partial charge in [0.25, 0.3) is 0 Å². The van der Waals surface area contributed by atoms with E-state index in [-0.39, 0.29) is 47.4 Å². The molecule has 0 aromatic heterocycles. The number of amides is 1. The third-order valence-electron chi connectivity index (χ3n) is 8.87. The monoisotopic (exact) mass is 426 g/mol. The lowest BCUT2D eigenvalue weighted by molar-refractivity contribution is -0.144. The lowest BCUT2D eigenvalue weighted by atomic mass is 9.54. The fourth-order valence-corrected chi connectivity index (χ4v) is 7.56. The van der Waals surface area contributed by atoms with E-state index in [0.29, 0.717) is 43.9 Å². The van der Waals surface area contributed by atoms with E-state index in [2.05, 4.69) is 5.32 Å². The third-order valence-corrected chi connectivity index (χ3v) is 8.87. The zero-order chi connectivity index (χ0) is 21.1. The van der Waals surface area contributed by atoms with Crippen molar-refractivity contribution >= 4 is 17.4 Å². The Morgan fingerprint density at radius 2 is 1.97 bits per heavy atom. The van der Waals surface area contributed by atoms with E-state index >= 15 is 0 Å². The molecule has 1 spiro atoms. The molecule has 7 atom stereocenters. The van der Waals surface area contributed by atoms with Gasteiger partial charge in [-0.05, 0) is 24.6 Å². The highest BCUT2D eigenvalue weighted by molar-refractivity contribution is 6.06. The number of carbonyl (C=O) groups excluding carboxylic acids is 2. The first kappa shape index (κ1) is 18.4. The van der Waals surface area contributed by atoms with Gasteiger partial charge in [0.2, 0.25) is 5.91 Å². The molecule has 5 aliphatic heterocycles. The molecule has 8 nitrogen and oxygen atoms in total. The van der Waals surface area contributed by atoms with Crippen molar-refractivity contribution < 1.29 is 28.5 Å². The molecule has 5 heterocycles. The highest BCUT2D eigenvalue weighted by Crippen LogP contribution is 2.65. The van der Waals surface area contributed by atoms with Crippen molar-refractivity contribution in [1.29, 1.82) is 0 Å². The number of ketones is 1. The van der Waals surface area contributed by atoms with Gasteiger partial charge >= 0.3 is 0 Å². The second-order valence-corrected chi connectivity index (χ2v) is 9.78. The molecule has 1 aromatic carbocycles. The van der Waals surface area contributed by atoms with Crippen LogP contribution in [0.15, 0.2) is 12.1 Å². The molecular formula is C23H26N2O6. The number of rotatable bonds is 2. The van der Waals surface area contributed by atoms with Crippen LogP contribution in [0.25, 0.3) is 0 Å². The Labute approximate surface area is 180 Å². The molecular weight excluding hydrogens is 400 g/mol. The van der Waals surface area contributed by atoms with E-state index in [4.69, 9.17) is 18.9 Å². The predicted octanol–water partition coefficient (Wildman–Crippen LogP) is 0.795. The summed E-state index contributed by atoms with van der Waals surface area (Å²) in [4.78, 5) is 29.4. The average Bonchev–Trinajstić information content (AvgIpc) is 3.39. The van der Waals surface area contributed by atoms with Crippen molar-refractivity contribution in [2.75, 3.05) is 38.8 Å².